The molecule has 0 radical (unpaired) electrons. The van der Waals surface area contributed by atoms with Gasteiger partial charge in [-0.05, 0) is 30.9 Å². The summed E-state index contributed by atoms with van der Waals surface area (Å²) in [6.07, 6.45) is 0.584. The second-order valence-corrected chi connectivity index (χ2v) is 4.44. The number of ether oxygens (including phenoxy) is 2. The van der Waals surface area contributed by atoms with Gasteiger partial charge in [-0.15, -0.1) is 0 Å². The van der Waals surface area contributed by atoms with Crippen LogP contribution in [0.4, 0.5) is 0 Å². The standard InChI is InChI=1S/C14H18O4/c1-3-18-13(16)12(15)10-6-4-5-7-11(10)14(17-2)8-9-14/h4-7,12,15H,3,8-9H2,1-2H3. The van der Waals surface area contributed by atoms with E-state index in [0.717, 1.165) is 18.4 Å². The molecule has 1 aliphatic rings. The van der Waals surface area contributed by atoms with Crippen LogP contribution in [0.3, 0.4) is 0 Å². The number of aliphatic hydroxyl groups is 1. The Morgan fingerprint density at radius 3 is 2.67 bits per heavy atom. The molecule has 0 bridgehead atoms. The van der Waals surface area contributed by atoms with Gasteiger partial charge in [-0.25, -0.2) is 4.79 Å². The van der Waals surface area contributed by atoms with Crippen molar-refractivity contribution in [1.82, 2.24) is 0 Å². The van der Waals surface area contributed by atoms with Crippen LogP contribution in [0.2, 0.25) is 0 Å². The Labute approximate surface area is 107 Å². The minimum Gasteiger partial charge on any atom is -0.464 e. The molecule has 1 unspecified atom stereocenters. The van der Waals surface area contributed by atoms with Crippen molar-refractivity contribution in [3.8, 4) is 0 Å². The molecule has 0 heterocycles. The first-order chi connectivity index (χ1) is 8.64. The third-order valence-corrected chi connectivity index (χ3v) is 3.35. The van der Waals surface area contributed by atoms with E-state index < -0.39 is 12.1 Å². The number of carbonyl (C=O) groups is 1. The summed E-state index contributed by atoms with van der Waals surface area (Å²) < 4.78 is 10.4. The molecule has 2 rings (SSSR count). The number of methoxy groups -OCH3 is 1. The Morgan fingerprint density at radius 1 is 1.44 bits per heavy atom. The van der Waals surface area contributed by atoms with Gasteiger partial charge in [0.2, 0.25) is 0 Å². The van der Waals surface area contributed by atoms with Crippen LogP contribution in [-0.2, 0) is 19.9 Å². The molecule has 0 amide bonds. The van der Waals surface area contributed by atoms with E-state index in [4.69, 9.17) is 9.47 Å². The van der Waals surface area contributed by atoms with Crippen LogP contribution >= 0.6 is 0 Å². The number of hydrogen-bond donors (Lipinski definition) is 1. The molecule has 1 aliphatic carbocycles. The minimum atomic E-state index is -1.24. The molecule has 1 N–H and O–H groups in total. The molecule has 0 saturated heterocycles. The first-order valence-corrected chi connectivity index (χ1v) is 6.14. The zero-order valence-corrected chi connectivity index (χ0v) is 10.7. The molecule has 4 heteroatoms. The van der Waals surface area contributed by atoms with Gasteiger partial charge in [0.05, 0.1) is 12.2 Å². The van der Waals surface area contributed by atoms with Crippen molar-refractivity contribution in [3.05, 3.63) is 35.4 Å². The van der Waals surface area contributed by atoms with E-state index in [1.807, 2.05) is 12.1 Å². The molecule has 98 valence electrons. The van der Waals surface area contributed by atoms with Crippen molar-refractivity contribution >= 4 is 5.97 Å². The van der Waals surface area contributed by atoms with Gasteiger partial charge in [-0.1, -0.05) is 24.3 Å². The Kier molecular flexibility index (Phi) is 3.68. The van der Waals surface area contributed by atoms with Crippen LogP contribution in [0, 0.1) is 0 Å². The molecule has 4 nitrogen and oxygen atoms in total. The molecule has 0 spiro atoms. The first kappa shape index (κ1) is 13.1. The Balaban J connectivity index is 2.31. The number of benzene rings is 1. The second kappa shape index (κ2) is 5.08. The van der Waals surface area contributed by atoms with Crippen LogP contribution in [0.5, 0.6) is 0 Å². The van der Waals surface area contributed by atoms with Crippen molar-refractivity contribution in [1.29, 1.82) is 0 Å². The zero-order valence-electron chi connectivity index (χ0n) is 10.7. The summed E-state index contributed by atoms with van der Waals surface area (Å²) >= 11 is 0. The third-order valence-electron chi connectivity index (χ3n) is 3.35. The minimum absolute atomic E-state index is 0.257. The van der Waals surface area contributed by atoms with Crippen LogP contribution in [0.25, 0.3) is 0 Å². The fourth-order valence-corrected chi connectivity index (χ4v) is 2.20. The highest BCUT2D eigenvalue weighted by atomic mass is 16.5. The molecule has 1 fully saturated rings. The third kappa shape index (κ3) is 2.26. The van der Waals surface area contributed by atoms with E-state index in [0.29, 0.717) is 5.56 Å². The lowest BCUT2D eigenvalue weighted by molar-refractivity contribution is -0.153. The molecule has 18 heavy (non-hydrogen) atoms. The van der Waals surface area contributed by atoms with E-state index in [1.165, 1.54) is 0 Å². The summed E-state index contributed by atoms with van der Waals surface area (Å²) in [5.41, 5.74) is 1.13. The number of rotatable bonds is 5. The fourth-order valence-electron chi connectivity index (χ4n) is 2.20. The van der Waals surface area contributed by atoms with E-state index in [2.05, 4.69) is 0 Å². The van der Waals surface area contributed by atoms with Crippen LogP contribution < -0.4 is 0 Å². The molecular formula is C14H18O4. The van der Waals surface area contributed by atoms with Gasteiger partial charge in [0.15, 0.2) is 6.10 Å². The van der Waals surface area contributed by atoms with Gasteiger partial charge in [0.1, 0.15) is 0 Å². The van der Waals surface area contributed by atoms with Crippen molar-refractivity contribution in [3.63, 3.8) is 0 Å². The maximum absolute atomic E-state index is 11.6. The van der Waals surface area contributed by atoms with Gasteiger partial charge in [0.25, 0.3) is 0 Å². The molecule has 1 atom stereocenters. The lowest BCUT2D eigenvalue weighted by Gasteiger charge is -2.20. The predicted molar refractivity (Wildman–Crippen MR) is 66.0 cm³/mol. The van der Waals surface area contributed by atoms with Gasteiger partial charge < -0.3 is 14.6 Å². The fraction of sp³-hybridized carbons (Fsp3) is 0.500. The maximum Gasteiger partial charge on any atom is 0.339 e. The topological polar surface area (TPSA) is 55.8 Å². The molecule has 0 aliphatic heterocycles. The summed E-state index contributed by atoms with van der Waals surface area (Å²) in [5.74, 6) is -0.614. The highest BCUT2D eigenvalue weighted by Crippen LogP contribution is 2.50. The van der Waals surface area contributed by atoms with E-state index in [1.54, 1.807) is 26.2 Å². The highest BCUT2D eigenvalue weighted by Gasteiger charge is 2.47. The lowest BCUT2D eigenvalue weighted by Crippen LogP contribution is -2.20. The summed E-state index contributed by atoms with van der Waals surface area (Å²) in [5, 5.41) is 10.1. The number of aliphatic hydroxyl groups excluding tert-OH is 1. The Bertz CT molecular complexity index is 437. The SMILES string of the molecule is CCOC(=O)C(O)c1ccccc1C1(OC)CC1. The van der Waals surface area contributed by atoms with Crippen molar-refractivity contribution in [2.24, 2.45) is 0 Å². The van der Waals surface area contributed by atoms with E-state index in [9.17, 15) is 9.90 Å². The zero-order chi connectivity index (χ0) is 13.2. The van der Waals surface area contributed by atoms with Crippen molar-refractivity contribution in [2.75, 3.05) is 13.7 Å². The summed E-state index contributed by atoms with van der Waals surface area (Å²) in [7, 11) is 1.65. The Hall–Kier alpha value is -1.39. The van der Waals surface area contributed by atoms with Crippen molar-refractivity contribution in [2.45, 2.75) is 31.5 Å². The number of hydrogen-bond acceptors (Lipinski definition) is 4. The smallest absolute Gasteiger partial charge is 0.339 e. The van der Waals surface area contributed by atoms with Crippen LogP contribution in [0.15, 0.2) is 24.3 Å². The van der Waals surface area contributed by atoms with Gasteiger partial charge >= 0.3 is 5.97 Å². The second-order valence-electron chi connectivity index (χ2n) is 4.44. The summed E-state index contributed by atoms with van der Waals surface area (Å²) in [4.78, 5) is 11.6. The van der Waals surface area contributed by atoms with Crippen LogP contribution in [-0.4, -0.2) is 24.8 Å². The Morgan fingerprint density at radius 2 is 2.11 bits per heavy atom. The largest absolute Gasteiger partial charge is 0.464 e. The molecule has 1 aromatic carbocycles. The average molecular weight is 250 g/mol. The molecular weight excluding hydrogens is 232 g/mol. The maximum atomic E-state index is 11.6. The van der Waals surface area contributed by atoms with E-state index >= 15 is 0 Å². The summed E-state index contributed by atoms with van der Waals surface area (Å²) in [6, 6.07) is 7.33. The highest BCUT2D eigenvalue weighted by molar-refractivity contribution is 5.77. The summed E-state index contributed by atoms with van der Waals surface area (Å²) in [6.45, 7) is 1.97. The van der Waals surface area contributed by atoms with E-state index in [-0.39, 0.29) is 12.2 Å². The van der Waals surface area contributed by atoms with Gasteiger partial charge in [0, 0.05) is 7.11 Å². The van der Waals surface area contributed by atoms with Gasteiger partial charge in [-0.2, -0.15) is 0 Å². The predicted octanol–water partition coefficient (Wildman–Crippen LogP) is 1.92. The van der Waals surface area contributed by atoms with Gasteiger partial charge in [-0.3, -0.25) is 0 Å². The average Bonchev–Trinajstić information content (AvgIpc) is 3.19. The number of esters is 1. The normalized spacial score (nSPS) is 18.2. The molecule has 0 aromatic heterocycles. The lowest BCUT2D eigenvalue weighted by atomic mass is 9.96. The quantitative estimate of drug-likeness (QED) is 0.811. The van der Waals surface area contributed by atoms with Crippen molar-refractivity contribution < 1.29 is 19.4 Å². The number of carbonyl (C=O) groups excluding carboxylic acids is 1. The molecule has 1 aromatic rings. The first-order valence-electron chi connectivity index (χ1n) is 6.14. The van der Waals surface area contributed by atoms with Crippen LogP contribution in [0.1, 0.15) is 37.0 Å². The monoisotopic (exact) mass is 250 g/mol. The molecule has 1 saturated carbocycles.